The van der Waals surface area contributed by atoms with Gasteiger partial charge in [0.2, 0.25) is 0 Å². The van der Waals surface area contributed by atoms with Crippen LogP contribution in [0, 0.1) is 0 Å². The first-order valence-electron chi connectivity index (χ1n) is 7.05. The predicted octanol–water partition coefficient (Wildman–Crippen LogP) is 4.51. The van der Waals surface area contributed by atoms with Gasteiger partial charge in [0.25, 0.3) is 0 Å². The molecule has 0 aliphatic heterocycles. The number of hydrogen-bond acceptors (Lipinski definition) is 1. The fraction of sp³-hybridized carbons (Fsp3) is 0.714. The molecule has 17 heavy (non-hydrogen) atoms. The minimum Gasteiger partial charge on any atom is -0.430 e. The van der Waals surface area contributed by atoms with Crippen molar-refractivity contribution in [2.75, 3.05) is 0 Å². The molecule has 0 amide bonds. The van der Waals surface area contributed by atoms with Gasteiger partial charge in [-0.05, 0) is 18.4 Å². The van der Waals surface area contributed by atoms with Crippen LogP contribution in [0.25, 0.3) is 0 Å². The van der Waals surface area contributed by atoms with Crippen molar-refractivity contribution in [1.82, 2.24) is 4.23 Å². The summed E-state index contributed by atoms with van der Waals surface area (Å²) in [5.74, 6) is 0. The monoisotopic (exact) mass is 267 g/mol. The Balaban J connectivity index is 2.94. The quantitative estimate of drug-likeness (QED) is 0.640. The van der Waals surface area contributed by atoms with Crippen molar-refractivity contribution >= 4 is 17.2 Å². The summed E-state index contributed by atoms with van der Waals surface area (Å²) in [7, 11) is -1.94. The summed E-state index contributed by atoms with van der Waals surface area (Å²) in [6.07, 6.45) is 9.86. The highest BCUT2D eigenvalue weighted by Gasteiger charge is 2.30. The van der Waals surface area contributed by atoms with Gasteiger partial charge in [-0.2, -0.15) is 0 Å². The Bertz CT molecular complexity index is 311. The lowest BCUT2D eigenvalue weighted by Crippen LogP contribution is -2.51. The molecule has 0 fully saturated rings. The third-order valence-corrected chi connectivity index (χ3v) is 10.3. The van der Waals surface area contributed by atoms with Gasteiger partial charge in [-0.25, -0.2) is 0 Å². The van der Waals surface area contributed by atoms with E-state index in [0.29, 0.717) is 0 Å². The average Bonchev–Trinajstić information content (AvgIpc) is 2.60. The molecule has 1 nitrogen and oxygen atoms in total. The molecule has 98 valence electrons. The third-order valence-electron chi connectivity index (χ3n) is 3.33. The summed E-state index contributed by atoms with van der Waals surface area (Å²) >= 11 is 0. The van der Waals surface area contributed by atoms with E-state index < -0.39 is 17.2 Å². The molecule has 0 aromatic heterocycles. The minimum atomic E-state index is -1.20. The maximum Gasteiger partial charge on any atom is 0.138 e. The lowest BCUT2D eigenvalue weighted by Gasteiger charge is -2.42. The summed E-state index contributed by atoms with van der Waals surface area (Å²) in [4.78, 5) is 0. The molecule has 0 radical (unpaired) electrons. The molecule has 0 N–H and O–H groups in total. The third kappa shape index (κ3) is 3.85. The Labute approximate surface area is 110 Å². The highest BCUT2D eigenvalue weighted by Crippen LogP contribution is 2.31. The Kier molecular flexibility index (Phi) is 5.26. The zero-order valence-electron chi connectivity index (χ0n) is 12.5. The number of hydrogen-bond donors (Lipinski definition) is 0. The zero-order valence-corrected chi connectivity index (χ0v) is 14.7. The van der Waals surface area contributed by atoms with Crippen LogP contribution in [-0.4, -0.2) is 21.4 Å². The standard InChI is InChI=1S/C14H29NSi2/c1-7-8-10-13-11-9-12-14(13)15(16(2)3)17(4,5)6/h9,11,16H,7-8,10,12H2,1-6H3. The van der Waals surface area contributed by atoms with E-state index in [4.69, 9.17) is 0 Å². The first-order valence-corrected chi connectivity index (χ1v) is 13.3. The van der Waals surface area contributed by atoms with Crippen LogP contribution in [0.15, 0.2) is 23.4 Å². The average molecular weight is 268 g/mol. The van der Waals surface area contributed by atoms with E-state index in [1.807, 2.05) is 0 Å². The van der Waals surface area contributed by atoms with Crippen LogP contribution in [-0.2, 0) is 0 Å². The van der Waals surface area contributed by atoms with Crippen LogP contribution in [0.1, 0.15) is 32.6 Å². The van der Waals surface area contributed by atoms with E-state index in [1.165, 1.54) is 25.7 Å². The molecule has 0 saturated heterocycles. The minimum absolute atomic E-state index is 0.739. The fourth-order valence-corrected chi connectivity index (χ4v) is 11.0. The van der Waals surface area contributed by atoms with Gasteiger partial charge in [-0.15, -0.1) is 0 Å². The number of unbranched alkanes of at least 4 members (excludes halogenated alkanes) is 1. The molecule has 0 atom stereocenters. The van der Waals surface area contributed by atoms with Crippen molar-refractivity contribution in [3.63, 3.8) is 0 Å². The topological polar surface area (TPSA) is 3.24 Å². The normalized spacial score (nSPS) is 16.2. The second-order valence-corrected chi connectivity index (χ2v) is 14.4. The Morgan fingerprint density at radius 2 is 1.94 bits per heavy atom. The number of rotatable bonds is 6. The van der Waals surface area contributed by atoms with E-state index in [-0.39, 0.29) is 0 Å². The van der Waals surface area contributed by atoms with Gasteiger partial charge in [0.15, 0.2) is 0 Å². The van der Waals surface area contributed by atoms with Crippen molar-refractivity contribution in [1.29, 1.82) is 0 Å². The Morgan fingerprint density at radius 1 is 1.29 bits per heavy atom. The van der Waals surface area contributed by atoms with Crippen molar-refractivity contribution in [3.05, 3.63) is 23.4 Å². The Hall–Kier alpha value is -0.286. The van der Waals surface area contributed by atoms with Crippen LogP contribution in [0.5, 0.6) is 0 Å². The summed E-state index contributed by atoms with van der Waals surface area (Å²) < 4.78 is 2.87. The summed E-state index contributed by atoms with van der Waals surface area (Å²) in [6.45, 7) is 14.7. The molecule has 0 aromatic carbocycles. The maximum atomic E-state index is 2.87. The van der Waals surface area contributed by atoms with E-state index in [2.05, 4.69) is 56.0 Å². The van der Waals surface area contributed by atoms with Crippen molar-refractivity contribution in [3.8, 4) is 0 Å². The van der Waals surface area contributed by atoms with Crippen LogP contribution < -0.4 is 0 Å². The van der Waals surface area contributed by atoms with Crippen LogP contribution >= 0.6 is 0 Å². The van der Waals surface area contributed by atoms with Crippen molar-refractivity contribution < 1.29 is 0 Å². The van der Waals surface area contributed by atoms with Crippen molar-refractivity contribution in [2.45, 2.75) is 65.3 Å². The molecular weight excluding hydrogens is 238 g/mol. The highest BCUT2D eigenvalue weighted by atomic mass is 28.4. The molecule has 0 aromatic rings. The van der Waals surface area contributed by atoms with E-state index in [9.17, 15) is 0 Å². The molecule has 0 unspecified atom stereocenters. The van der Waals surface area contributed by atoms with Gasteiger partial charge >= 0.3 is 0 Å². The molecule has 3 heteroatoms. The highest BCUT2D eigenvalue weighted by molar-refractivity contribution is 6.83. The Morgan fingerprint density at radius 3 is 2.41 bits per heavy atom. The zero-order chi connectivity index (χ0) is 13.1. The maximum absolute atomic E-state index is 2.87. The fourth-order valence-electron chi connectivity index (χ4n) is 2.88. The summed E-state index contributed by atoms with van der Waals surface area (Å²) in [5, 5.41) is 0. The summed E-state index contributed by atoms with van der Waals surface area (Å²) in [6, 6.07) is 0. The van der Waals surface area contributed by atoms with E-state index in [1.54, 1.807) is 11.3 Å². The second-order valence-electron chi connectivity index (χ2n) is 6.32. The number of allylic oxidation sites excluding steroid dienone is 3. The molecule has 0 spiro atoms. The molecule has 1 aliphatic rings. The van der Waals surface area contributed by atoms with Gasteiger partial charge in [0.05, 0.1) is 0 Å². The first kappa shape index (κ1) is 14.8. The van der Waals surface area contributed by atoms with Gasteiger partial charge in [0, 0.05) is 12.1 Å². The van der Waals surface area contributed by atoms with E-state index >= 15 is 0 Å². The molecule has 0 saturated carbocycles. The SMILES string of the molecule is CCCCC1=C(N([SiH](C)C)[Si](C)(C)C)CC=C1. The van der Waals surface area contributed by atoms with Crippen LogP contribution in [0.4, 0.5) is 0 Å². The predicted molar refractivity (Wildman–Crippen MR) is 84.4 cm³/mol. The molecular formula is C14H29NSi2. The van der Waals surface area contributed by atoms with Gasteiger partial charge in [-0.3, -0.25) is 0 Å². The number of nitrogens with zero attached hydrogens (tertiary/aromatic N) is 1. The molecule has 1 aliphatic carbocycles. The van der Waals surface area contributed by atoms with Gasteiger partial charge in [0.1, 0.15) is 17.2 Å². The summed E-state index contributed by atoms with van der Waals surface area (Å²) in [5.41, 5.74) is 3.31. The largest absolute Gasteiger partial charge is 0.430 e. The molecule has 0 heterocycles. The second kappa shape index (κ2) is 6.05. The van der Waals surface area contributed by atoms with Crippen LogP contribution in [0.3, 0.4) is 0 Å². The van der Waals surface area contributed by atoms with Gasteiger partial charge in [-0.1, -0.05) is 58.2 Å². The molecule has 1 rings (SSSR count). The lowest BCUT2D eigenvalue weighted by atomic mass is 10.1. The van der Waals surface area contributed by atoms with Crippen LogP contribution in [0.2, 0.25) is 32.7 Å². The molecule has 0 bridgehead atoms. The lowest BCUT2D eigenvalue weighted by molar-refractivity contribution is 0.720. The first-order chi connectivity index (χ1) is 7.88. The van der Waals surface area contributed by atoms with Crippen molar-refractivity contribution in [2.24, 2.45) is 0 Å². The smallest absolute Gasteiger partial charge is 0.138 e. The van der Waals surface area contributed by atoms with E-state index in [0.717, 1.165) is 0 Å². The van der Waals surface area contributed by atoms with Gasteiger partial charge < -0.3 is 4.23 Å².